The summed E-state index contributed by atoms with van der Waals surface area (Å²) in [5, 5.41) is 13.6. The fourth-order valence-corrected chi connectivity index (χ4v) is 2.20. The first kappa shape index (κ1) is 11.6. The van der Waals surface area contributed by atoms with Crippen molar-refractivity contribution in [3.8, 4) is 12.3 Å². The summed E-state index contributed by atoms with van der Waals surface area (Å²) in [5.41, 5.74) is -0.474. The molecule has 1 aliphatic carbocycles. The van der Waals surface area contributed by atoms with Crippen molar-refractivity contribution in [2.75, 3.05) is 6.54 Å². The van der Waals surface area contributed by atoms with Gasteiger partial charge in [0.25, 0.3) is 0 Å². The Kier molecular flexibility index (Phi) is 4.44. The van der Waals surface area contributed by atoms with Crippen molar-refractivity contribution in [2.24, 2.45) is 0 Å². The Morgan fingerprint density at radius 3 is 2.64 bits per heavy atom. The van der Waals surface area contributed by atoms with Gasteiger partial charge in [-0.3, -0.25) is 0 Å². The van der Waals surface area contributed by atoms with Gasteiger partial charge in [-0.25, -0.2) is 0 Å². The maximum Gasteiger partial charge on any atom is 0.0658 e. The first-order valence-electron chi connectivity index (χ1n) is 5.59. The topological polar surface area (TPSA) is 32.3 Å². The molecule has 0 aliphatic heterocycles. The highest BCUT2D eigenvalue weighted by molar-refractivity contribution is 4.93. The maximum atomic E-state index is 10.2. The molecule has 0 aromatic carbocycles. The Labute approximate surface area is 87.1 Å². The highest BCUT2D eigenvalue weighted by atomic mass is 16.3. The largest absolute Gasteiger partial charge is 0.390 e. The van der Waals surface area contributed by atoms with Gasteiger partial charge in [-0.2, -0.15) is 0 Å². The van der Waals surface area contributed by atoms with E-state index in [1.54, 1.807) is 0 Å². The molecule has 0 spiro atoms. The van der Waals surface area contributed by atoms with Gasteiger partial charge in [0, 0.05) is 12.5 Å². The van der Waals surface area contributed by atoms with E-state index < -0.39 is 5.60 Å². The van der Waals surface area contributed by atoms with E-state index in [9.17, 15) is 5.11 Å². The van der Waals surface area contributed by atoms with E-state index in [1.807, 2.05) is 0 Å². The lowest BCUT2D eigenvalue weighted by Gasteiger charge is -2.36. The van der Waals surface area contributed by atoms with Crippen LogP contribution in [0, 0.1) is 12.3 Å². The summed E-state index contributed by atoms with van der Waals surface area (Å²) in [6.45, 7) is 3.15. The first-order valence-corrected chi connectivity index (χ1v) is 5.59. The molecule has 0 aromatic rings. The number of rotatable bonds is 4. The minimum atomic E-state index is -0.474. The third-order valence-corrected chi connectivity index (χ3v) is 3.14. The molecule has 0 amide bonds. The van der Waals surface area contributed by atoms with Crippen LogP contribution in [-0.4, -0.2) is 23.3 Å². The molecule has 0 atom stereocenters. The summed E-state index contributed by atoms with van der Waals surface area (Å²) < 4.78 is 0. The van der Waals surface area contributed by atoms with Crippen LogP contribution in [0.5, 0.6) is 0 Å². The van der Waals surface area contributed by atoms with Gasteiger partial charge in [-0.15, -0.1) is 12.3 Å². The first-order chi connectivity index (χ1) is 6.70. The molecule has 2 heteroatoms. The van der Waals surface area contributed by atoms with Crippen molar-refractivity contribution in [2.45, 2.75) is 57.1 Å². The zero-order chi connectivity index (χ0) is 10.4. The predicted octanol–water partition coefficient (Wildman–Crippen LogP) is 1.68. The van der Waals surface area contributed by atoms with Crippen LogP contribution in [0.15, 0.2) is 0 Å². The van der Waals surface area contributed by atoms with Gasteiger partial charge < -0.3 is 10.4 Å². The van der Waals surface area contributed by atoms with Crippen LogP contribution < -0.4 is 5.32 Å². The summed E-state index contributed by atoms with van der Waals surface area (Å²) in [4.78, 5) is 0. The van der Waals surface area contributed by atoms with E-state index in [0.29, 0.717) is 12.5 Å². The van der Waals surface area contributed by atoms with Crippen molar-refractivity contribution >= 4 is 0 Å². The van der Waals surface area contributed by atoms with Crippen LogP contribution in [0.25, 0.3) is 0 Å². The molecule has 2 N–H and O–H groups in total. The van der Waals surface area contributed by atoms with Gasteiger partial charge in [-0.1, -0.05) is 6.92 Å². The summed E-state index contributed by atoms with van der Waals surface area (Å²) in [5.74, 6) is 2.60. The molecule has 0 aromatic heterocycles. The molecule has 1 rings (SSSR count). The van der Waals surface area contributed by atoms with Gasteiger partial charge in [0.15, 0.2) is 0 Å². The second-order valence-electron chi connectivity index (χ2n) is 4.26. The number of aliphatic hydroxyl groups is 1. The summed E-state index contributed by atoms with van der Waals surface area (Å²) >= 11 is 0. The lowest BCUT2D eigenvalue weighted by atomic mass is 9.79. The highest BCUT2D eigenvalue weighted by Gasteiger charge is 2.31. The van der Waals surface area contributed by atoms with E-state index >= 15 is 0 Å². The van der Waals surface area contributed by atoms with E-state index in [4.69, 9.17) is 6.42 Å². The number of nitrogens with one attached hydrogen (secondary N) is 1. The fourth-order valence-electron chi connectivity index (χ4n) is 2.20. The Morgan fingerprint density at radius 2 is 2.14 bits per heavy atom. The van der Waals surface area contributed by atoms with Crippen LogP contribution in [0.3, 0.4) is 0 Å². The molecule has 14 heavy (non-hydrogen) atoms. The lowest BCUT2D eigenvalue weighted by molar-refractivity contribution is -0.00950. The van der Waals surface area contributed by atoms with Crippen molar-refractivity contribution < 1.29 is 5.11 Å². The molecule has 1 saturated carbocycles. The van der Waals surface area contributed by atoms with Crippen molar-refractivity contribution in [3.63, 3.8) is 0 Å². The average Bonchev–Trinajstić information content (AvgIpc) is 2.20. The van der Waals surface area contributed by atoms with E-state index in [1.165, 1.54) is 0 Å². The quantitative estimate of drug-likeness (QED) is 0.669. The number of hydrogen-bond donors (Lipinski definition) is 2. The standard InChI is InChI=1S/C12H21NO/c1-3-5-8-12(14)9-6-11(7-10-12)13-4-2/h1,11,13-14H,4-10H2,2H3. The smallest absolute Gasteiger partial charge is 0.0658 e. The minimum absolute atomic E-state index is 0.474. The molecule has 0 unspecified atom stereocenters. The number of terminal acetylenes is 1. The highest BCUT2D eigenvalue weighted by Crippen LogP contribution is 2.31. The maximum absolute atomic E-state index is 10.2. The van der Waals surface area contributed by atoms with E-state index in [-0.39, 0.29) is 0 Å². The van der Waals surface area contributed by atoms with Gasteiger partial charge in [0.1, 0.15) is 0 Å². The molecule has 2 nitrogen and oxygen atoms in total. The Bertz CT molecular complexity index is 199. The summed E-state index contributed by atoms with van der Waals surface area (Å²) in [7, 11) is 0. The molecular formula is C12H21NO. The van der Waals surface area contributed by atoms with Gasteiger partial charge in [0.05, 0.1) is 5.60 Å². The summed E-state index contributed by atoms with van der Waals surface area (Å²) in [6.07, 6.45) is 10.6. The van der Waals surface area contributed by atoms with Crippen molar-refractivity contribution in [1.29, 1.82) is 0 Å². The molecule has 0 heterocycles. The van der Waals surface area contributed by atoms with Crippen LogP contribution in [0.2, 0.25) is 0 Å². The van der Waals surface area contributed by atoms with E-state index in [2.05, 4.69) is 18.2 Å². The third-order valence-electron chi connectivity index (χ3n) is 3.14. The Balaban J connectivity index is 2.30. The van der Waals surface area contributed by atoms with Gasteiger partial charge >= 0.3 is 0 Å². The molecule has 80 valence electrons. The monoisotopic (exact) mass is 195 g/mol. The molecule has 0 saturated heterocycles. The van der Waals surface area contributed by atoms with Crippen LogP contribution >= 0.6 is 0 Å². The lowest BCUT2D eigenvalue weighted by Crippen LogP contribution is -2.41. The van der Waals surface area contributed by atoms with E-state index in [0.717, 1.165) is 38.6 Å². The zero-order valence-corrected chi connectivity index (χ0v) is 9.05. The molecule has 1 aliphatic rings. The normalized spacial score (nSPS) is 32.5. The SMILES string of the molecule is C#CCCC1(O)CCC(NCC)CC1. The van der Waals surface area contributed by atoms with Gasteiger partial charge in [-0.05, 0) is 38.6 Å². The van der Waals surface area contributed by atoms with Crippen LogP contribution in [0.4, 0.5) is 0 Å². The van der Waals surface area contributed by atoms with Crippen LogP contribution in [0.1, 0.15) is 45.4 Å². The second-order valence-corrected chi connectivity index (χ2v) is 4.26. The second kappa shape index (κ2) is 5.38. The Morgan fingerprint density at radius 1 is 1.50 bits per heavy atom. The predicted molar refractivity (Wildman–Crippen MR) is 58.9 cm³/mol. The molecule has 1 fully saturated rings. The molecule has 0 bridgehead atoms. The van der Waals surface area contributed by atoms with Crippen LogP contribution in [-0.2, 0) is 0 Å². The van der Waals surface area contributed by atoms with Gasteiger partial charge in [0.2, 0.25) is 0 Å². The van der Waals surface area contributed by atoms with Crippen molar-refractivity contribution in [1.82, 2.24) is 5.32 Å². The number of hydrogen-bond acceptors (Lipinski definition) is 2. The molecule has 0 radical (unpaired) electrons. The summed E-state index contributed by atoms with van der Waals surface area (Å²) in [6, 6.07) is 0.603. The fraction of sp³-hybridized carbons (Fsp3) is 0.833. The Hall–Kier alpha value is -0.520. The average molecular weight is 195 g/mol. The van der Waals surface area contributed by atoms with Crippen molar-refractivity contribution in [3.05, 3.63) is 0 Å². The third kappa shape index (κ3) is 3.32. The zero-order valence-electron chi connectivity index (χ0n) is 9.05. The molecular weight excluding hydrogens is 174 g/mol. The minimum Gasteiger partial charge on any atom is -0.390 e.